The van der Waals surface area contributed by atoms with Gasteiger partial charge in [0.1, 0.15) is 5.75 Å². The number of hydrogen-bond acceptors (Lipinski definition) is 6. The molecule has 1 aromatic heterocycles. The maximum Gasteiger partial charge on any atom is 0.219 e. The quantitative estimate of drug-likeness (QED) is 0.634. The van der Waals surface area contributed by atoms with Crippen LogP contribution in [0.3, 0.4) is 0 Å². The standard InChI is InChI=1S/C24H31N5O/c1-17-6-7-21-22(29(17)2)9-8-20(24(21)30-23-5-3-4-12-27-23)18(15-25)16-28-19-10-13-26-14-11-19/h3-5,8-9,12,15-17,19,25-26,28H,6-7,10-11,13-14H2,1-2H3/b18-16+,25-15?. The van der Waals surface area contributed by atoms with Crippen molar-refractivity contribution < 1.29 is 4.74 Å². The third-order valence-corrected chi connectivity index (χ3v) is 6.21. The highest BCUT2D eigenvalue weighted by Crippen LogP contribution is 2.42. The monoisotopic (exact) mass is 405 g/mol. The number of aromatic nitrogens is 1. The van der Waals surface area contributed by atoms with Crippen LogP contribution < -0.4 is 20.3 Å². The molecule has 0 spiro atoms. The van der Waals surface area contributed by atoms with Crippen LogP contribution in [0.5, 0.6) is 11.6 Å². The summed E-state index contributed by atoms with van der Waals surface area (Å²) in [4.78, 5) is 6.68. The lowest BCUT2D eigenvalue weighted by Gasteiger charge is -2.35. The highest BCUT2D eigenvalue weighted by molar-refractivity contribution is 6.09. The molecule has 2 aromatic rings. The fraction of sp³-hybridized carbons (Fsp3) is 0.417. The van der Waals surface area contributed by atoms with Gasteiger partial charge in [-0.1, -0.05) is 6.07 Å². The van der Waals surface area contributed by atoms with Crippen LogP contribution in [0.25, 0.3) is 5.57 Å². The first-order valence-corrected chi connectivity index (χ1v) is 10.8. The summed E-state index contributed by atoms with van der Waals surface area (Å²) in [7, 11) is 2.14. The Bertz CT molecular complexity index is 905. The third kappa shape index (κ3) is 4.33. The molecule has 1 unspecified atom stereocenters. The highest BCUT2D eigenvalue weighted by Gasteiger charge is 2.26. The number of rotatable bonds is 6. The molecule has 2 aliphatic heterocycles. The molecule has 30 heavy (non-hydrogen) atoms. The van der Waals surface area contributed by atoms with E-state index < -0.39 is 0 Å². The largest absolute Gasteiger partial charge is 0.438 e. The van der Waals surface area contributed by atoms with Crippen LogP contribution >= 0.6 is 0 Å². The van der Waals surface area contributed by atoms with Gasteiger partial charge in [0.05, 0.1) is 0 Å². The fourth-order valence-electron chi connectivity index (χ4n) is 4.22. The highest BCUT2D eigenvalue weighted by atomic mass is 16.5. The molecular weight excluding hydrogens is 374 g/mol. The van der Waals surface area contributed by atoms with Crippen molar-refractivity contribution in [1.29, 1.82) is 5.41 Å². The normalized spacial score (nSPS) is 19.9. The SMILES string of the molecule is CC1CCc2c(ccc(/C(C=N)=C/NC3CCNCC3)c2Oc2ccccn2)N1C. The molecule has 0 bridgehead atoms. The van der Waals surface area contributed by atoms with Gasteiger partial charge in [0, 0.05) is 66.2 Å². The first-order valence-electron chi connectivity index (χ1n) is 10.8. The van der Waals surface area contributed by atoms with Gasteiger partial charge in [0.15, 0.2) is 0 Å². The van der Waals surface area contributed by atoms with Gasteiger partial charge in [0.2, 0.25) is 5.88 Å². The van der Waals surface area contributed by atoms with E-state index in [9.17, 15) is 0 Å². The number of allylic oxidation sites excluding steroid dienone is 1. The number of hydrogen-bond donors (Lipinski definition) is 3. The van der Waals surface area contributed by atoms with Crippen LogP contribution in [0.2, 0.25) is 0 Å². The van der Waals surface area contributed by atoms with Crippen molar-refractivity contribution >= 4 is 17.5 Å². The molecule has 0 aliphatic carbocycles. The second kappa shape index (κ2) is 9.30. The van der Waals surface area contributed by atoms with Gasteiger partial charge >= 0.3 is 0 Å². The van der Waals surface area contributed by atoms with E-state index in [0.717, 1.165) is 55.7 Å². The van der Waals surface area contributed by atoms with Gasteiger partial charge in [0.25, 0.3) is 0 Å². The van der Waals surface area contributed by atoms with E-state index in [-0.39, 0.29) is 0 Å². The van der Waals surface area contributed by atoms with Crippen molar-refractivity contribution in [2.75, 3.05) is 25.0 Å². The van der Waals surface area contributed by atoms with Crippen molar-refractivity contribution in [2.24, 2.45) is 0 Å². The van der Waals surface area contributed by atoms with E-state index >= 15 is 0 Å². The van der Waals surface area contributed by atoms with Crippen LogP contribution in [0.4, 0.5) is 5.69 Å². The van der Waals surface area contributed by atoms with Crippen molar-refractivity contribution in [2.45, 2.75) is 44.7 Å². The Hall–Kier alpha value is -2.86. The lowest BCUT2D eigenvalue weighted by Crippen LogP contribution is -2.37. The molecule has 3 N–H and O–H groups in total. The van der Waals surface area contributed by atoms with Gasteiger partial charge in [-0.3, -0.25) is 0 Å². The average Bonchev–Trinajstić information content (AvgIpc) is 2.79. The minimum Gasteiger partial charge on any atom is -0.438 e. The van der Waals surface area contributed by atoms with Crippen molar-refractivity contribution in [3.63, 3.8) is 0 Å². The molecule has 0 saturated carbocycles. The summed E-state index contributed by atoms with van der Waals surface area (Å²) in [5, 5.41) is 15.0. The van der Waals surface area contributed by atoms with Crippen LogP contribution in [-0.4, -0.2) is 43.4 Å². The topological polar surface area (TPSA) is 73.3 Å². The number of anilines is 1. The zero-order valence-corrected chi connectivity index (χ0v) is 17.8. The van der Waals surface area contributed by atoms with Crippen molar-refractivity contribution in [3.8, 4) is 11.6 Å². The molecule has 6 heteroatoms. The number of pyridine rings is 1. The van der Waals surface area contributed by atoms with E-state index in [4.69, 9.17) is 10.1 Å². The molecule has 3 heterocycles. The Morgan fingerprint density at radius 3 is 2.80 bits per heavy atom. The summed E-state index contributed by atoms with van der Waals surface area (Å²) >= 11 is 0. The first-order chi connectivity index (χ1) is 14.7. The summed E-state index contributed by atoms with van der Waals surface area (Å²) in [6.07, 6.45) is 9.33. The molecule has 0 radical (unpaired) electrons. The summed E-state index contributed by atoms with van der Waals surface area (Å²) in [5.41, 5.74) is 4.13. The minimum atomic E-state index is 0.436. The van der Waals surface area contributed by atoms with Gasteiger partial charge < -0.3 is 25.7 Å². The lowest BCUT2D eigenvalue weighted by atomic mass is 9.92. The Labute approximate surface area is 178 Å². The molecule has 2 aliphatic rings. The van der Waals surface area contributed by atoms with Gasteiger partial charge in [-0.05, 0) is 63.9 Å². The molecule has 1 aromatic carbocycles. The smallest absolute Gasteiger partial charge is 0.219 e. The number of benzene rings is 1. The molecule has 1 fully saturated rings. The second-order valence-corrected chi connectivity index (χ2v) is 8.14. The Balaban J connectivity index is 1.73. The van der Waals surface area contributed by atoms with Gasteiger partial charge in [-0.25, -0.2) is 4.98 Å². The molecule has 4 rings (SSSR count). The molecule has 0 amide bonds. The minimum absolute atomic E-state index is 0.436. The molecule has 6 nitrogen and oxygen atoms in total. The van der Waals surface area contributed by atoms with E-state index in [0.29, 0.717) is 18.0 Å². The predicted octanol–water partition coefficient (Wildman–Crippen LogP) is 3.98. The zero-order valence-electron chi connectivity index (χ0n) is 17.8. The van der Waals surface area contributed by atoms with E-state index in [1.165, 1.54) is 17.5 Å². The number of nitrogens with one attached hydrogen (secondary N) is 3. The molecule has 158 valence electrons. The summed E-state index contributed by atoms with van der Waals surface area (Å²) in [6, 6.07) is 10.9. The Morgan fingerprint density at radius 1 is 1.23 bits per heavy atom. The number of fused-ring (bicyclic) bond motifs is 1. The molecule has 1 atom stereocenters. The van der Waals surface area contributed by atoms with Crippen LogP contribution in [-0.2, 0) is 6.42 Å². The van der Waals surface area contributed by atoms with E-state index in [2.05, 4.69) is 46.6 Å². The predicted molar refractivity (Wildman–Crippen MR) is 123 cm³/mol. The summed E-state index contributed by atoms with van der Waals surface area (Å²) in [6.45, 7) is 4.31. The fourth-order valence-corrected chi connectivity index (χ4v) is 4.22. The van der Waals surface area contributed by atoms with E-state index in [1.807, 2.05) is 24.4 Å². The maximum absolute atomic E-state index is 8.08. The number of ether oxygens (including phenoxy) is 1. The molecular formula is C24H31N5O. The Morgan fingerprint density at radius 2 is 2.07 bits per heavy atom. The van der Waals surface area contributed by atoms with Crippen LogP contribution in [0, 0.1) is 5.41 Å². The van der Waals surface area contributed by atoms with Gasteiger partial charge in [-0.2, -0.15) is 0 Å². The van der Waals surface area contributed by atoms with E-state index in [1.54, 1.807) is 6.20 Å². The van der Waals surface area contributed by atoms with Gasteiger partial charge in [-0.15, -0.1) is 0 Å². The van der Waals surface area contributed by atoms with Crippen molar-refractivity contribution in [1.82, 2.24) is 15.6 Å². The van der Waals surface area contributed by atoms with Crippen LogP contribution in [0.15, 0.2) is 42.7 Å². The van der Waals surface area contributed by atoms with Crippen LogP contribution in [0.1, 0.15) is 37.3 Å². The Kier molecular flexibility index (Phi) is 6.33. The first kappa shape index (κ1) is 20.4. The lowest BCUT2D eigenvalue weighted by molar-refractivity contribution is 0.420. The summed E-state index contributed by atoms with van der Waals surface area (Å²) < 4.78 is 6.35. The zero-order chi connectivity index (χ0) is 20.9. The molecule has 1 saturated heterocycles. The number of nitrogens with zero attached hydrogens (tertiary/aromatic N) is 2. The second-order valence-electron chi connectivity index (χ2n) is 8.14. The third-order valence-electron chi connectivity index (χ3n) is 6.21. The number of piperidine rings is 1. The summed E-state index contributed by atoms with van der Waals surface area (Å²) in [5.74, 6) is 1.39. The van der Waals surface area contributed by atoms with Crippen molar-refractivity contribution in [3.05, 3.63) is 53.9 Å². The maximum atomic E-state index is 8.08. The average molecular weight is 406 g/mol.